The van der Waals surface area contributed by atoms with Gasteiger partial charge in [-0.25, -0.2) is 4.39 Å². The standard InChI is InChI=1S/C15H22FNO3/c1-12(2)10-17(11-15(18)19)8-3-9-20-14-6-4-13(16)5-7-14/h4-7,12H,3,8-11H2,1-2H3,(H,18,19). The van der Waals surface area contributed by atoms with E-state index in [2.05, 4.69) is 13.8 Å². The van der Waals surface area contributed by atoms with Gasteiger partial charge in [0.25, 0.3) is 0 Å². The van der Waals surface area contributed by atoms with E-state index in [1.165, 1.54) is 12.1 Å². The van der Waals surface area contributed by atoms with Gasteiger partial charge in [-0.15, -0.1) is 0 Å². The second-order valence-corrected chi connectivity index (χ2v) is 5.18. The van der Waals surface area contributed by atoms with Gasteiger partial charge in [0.05, 0.1) is 13.2 Å². The fraction of sp³-hybridized carbons (Fsp3) is 0.533. The van der Waals surface area contributed by atoms with E-state index in [0.717, 1.165) is 13.0 Å². The molecule has 0 aromatic heterocycles. The van der Waals surface area contributed by atoms with E-state index in [1.807, 2.05) is 4.90 Å². The first-order valence-corrected chi connectivity index (χ1v) is 6.80. The van der Waals surface area contributed by atoms with E-state index in [4.69, 9.17) is 9.84 Å². The number of rotatable bonds is 9. The molecular formula is C15H22FNO3. The summed E-state index contributed by atoms with van der Waals surface area (Å²) in [5.74, 6) is -0.0561. The number of hydrogen-bond donors (Lipinski definition) is 1. The number of carboxylic acids is 1. The Morgan fingerprint density at radius 3 is 2.55 bits per heavy atom. The fourth-order valence-corrected chi connectivity index (χ4v) is 1.95. The first kappa shape index (κ1) is 16.4. The highest BCUT2D eigenvalue weighted by molar-refractivity contribution is 5.69. The second-order valence-electron chi connectivity index (χ2n) is 5.18. The Kier molecular flexibility index (Phi) is 7.01. The normalized spacial score (nSPS) is 11.1. The fourth-order valence-electron chi connectivity index (χ4n) is 1.95. The molecule has 0 aliphatic carbocycles. The van der Waals surface area contributed by atoms with Gasteiger partial charge in [0.2, 0.25) is 0 Å². The Morgan fingerprint density at radius 2 is 2.00 bits per heavy atom. The van der Waals surface area contributed by atoms with Crippen molar-refractivity contribution in [3.8, 4) is 5.75 Å². The molecular weight excluding hydrogens is 261 g/mol. The smallest absolute Gasteiger partial charge is 0.317 e. The number of hydrogen-bond acceptors (Lipinski definition) is 3. The zero-order chi connectivity index (χ0) is 15.0. The summed E-state index contributed by atoms with van der Waals surface area (Å²) in [6.07, 6.45) is 0.734. The Hall–Kier alpha value is -1.62. The third-order valence-corrected chi connectivity index (χ3v) is 2.68. The van der Waals surface area contributed by atoms with Crippen molar-refractivity contribution in [1.29, 1.82) is 0 Å². The lowest BCUT2D eigenvalue weighted by atomic mass is 10.2. The summed E-state index contributed by atoms with van der Waals surface area (Å²) in [5, 5.41) is 8.85. The highest BCUT2D eigenvalue weighted by Gasteiger charge is 2.10. The number of ether oxygens (including phenoxy) is 1. The minimum absolute atomic E-state index is 0.0503. The summed E-state index contributed by atoms with van der Waals surface area (Å²) in [6.45, 7) is 6.08. The molecule has 112 valence electrons. The number of nitrogens with zero attached hydrogens (tertiary/aromatic N) is 1. The molecule has 4 nitrogen and oxygen atoms in total. The molecule has 0 aliphatic rings. The zero-order valence-electron chi connectivity index (χ0n) is 12.0. The lowest BCUT2D eigenvalue weighted by molar-refractivity contribution is -0.138. The van der Waals surface area contributed by atoms with E-state index in [9.17, 15) is 9.18 Å². The lowest BCUT2D eigenvalue weighted by Gasteiger charge is -2.22. The van der Waals surface area contributed by atoms with Gasteiger partial charge in [-0.05, 0) is 36.6 Å². The van der Waals surface area contributed by atoms with Crippen LogP contribution in [0.4, 0.5) is 4.39 Å². The van der Waals surface area contributed by atoms with Gasteiger partial charge in [0.1, 0.15) is 11.6 Å². The minimum atomic E-state index is -0.815. The molecule has 20 heavy (non-hydrogen) atoms. The number of carbonyl (C=O) groups is 1. The van der Waals surface area contributed by atoms with Crippen LogP contribution >= 0.6 is 0 Å². The van der Waals surface area contributed by atoms with Crippen LogP contribution in [0.25, 0.3) is 0 Å². The quantitative estimate of drug-likeness (QED) is 0.708. The maximum absolute atomic E-state index is 12.7. The van der Waals surface area contributed by atoms with Crippen LogP contribution in [0, 0.1) is 11.7 Å². The minimum Gasteiger partial charge on any atom is -0.494 e. The monoisotopic (exact) mass is 283 g/mol. The van der Waals surface area contributed by atoms with Crippen molar-refractivity contribution in [2.45, 2.75) is 20.3 Å². The Morgan fingerprint density at radius 1 is 1.35 bits per heavy atom. The van der Waals surface area contributed by atoms with Crippen LogP contribution < -0.4 is 4.74 Å². The second kappa shape index (κ2) is 8.53. The molecule has 1 rings (SSSR count). The van der Waals surface area contributed by atoms with Gasteiger partial charge < -0.3 is 9.84 Å². The molecule has 0 radical (unpaired) electrons. The first-order valence-electron chi connectivity index (χ1n) is 6.80. The van der Waals surface area contributed by atoms with Crippen LogP contribution in [0.5, 0.6) is 5.75 Å². The highest BCUT2D eigenvalue weighted by Crippen LogP contribution is 2.11. The van der Waals surface area contributed by atoms with E-state index in [-0.39, 0.29) is 12.4 Å². The first-order chi connectivity index (χ1) is 9.47. The average Bonchev–Trinajstić information content (AvgIpc) is 2.35. The van der Waals surface area contributed by atoms with Crippen LogP contribution in [0.15, 0.2) is 24.3 Å². The molecule has 0 saturated heterocycles. The van der Waals surface area contributed by atoms with Crippen molar-refractivity contribution in [3.63, 3.8) is 0 Å². The van der Waals surface area contributed by atoms with Crippen LogP contribution in [-0.2, 0) is 4.79 Å². The number of aliphatic carboxylic acids is 1. The Labute approximate surface area is 119 Å². The summed E-state index contributed by atoms with van der Waals surface area (Å²) in [7, 11) is 0. The van der Waals surface area contributed by atoms with Crippen molar-refractivity contribution < 1.29 is 19.0 Å². The summed E-state index contributed by atoms with van der Waals surface area (Å²) in [5.41, 5.74) is 0. The molecule has 0 unspecified atom stereocenters. The average molecular weight is 283 g/mol. The van der Waals surface area contributed by atoms with Crippen molar-refractivity contribution in [2.75, 3.05) is 26.2 Å². The molecule has 1 N–H and O–H groups in total. The van der Waals surface area contributed by atoms with Gasteiger partial charge in [-0.1, -0.05) is 13.8 Å². The molecule has 0 atom stereocenters. The summed E-state index contributed by atoms with van der Waals surface area (Å²) in [4.78, 5) is 12.7. The summed E-state index contributed by atoms with van der Waals surface area (Å²) in [6, 6.07) is 5.87. The summed E-state index contributed by atoms with van der Waals surface area (Å²) < 4.78 is 18.2. The molecule has 5 heteroatoms. The van der Waals surface area contributed by atoms with Crippen LogP contribution in [0.2, 0.25) is 0 Å². The van der Waals surface area contributed by atoms with E-state index in [1.54, 1.807) is 12.1 Å². The van der Waals surface area contributed by atoms with Crippen LogP contribution in [0.1, 0.15) is 20.3 Å². The Balaban J connectivity index is 2.29. The number of carboxylic acid groups (broad SMARTS) is 1. The molecule has 1 aromatic rings. The van der Waals surface area contributed by atoms with Gasteiger partial charge in [0, 0.05) is 13.1 Å². The molecule has 0 heterocycles. The third kappa shape index (κ3) is 7.09. The molecule has 0 spiro atoms. The van der Waals surface area contributed by atoms with Gasteiger partial charge in [-0.2, -0.15) is 0 Å². The number of halogens is 1. The molecule has 0 saturated carbocycles. The lowest BCUT2D eigenvalue weighted by Crippen LogP contribution is -2.34. The third-order valence-electron chi connectivity index (χ3n) is 2.68. The van der Waals surface area contributed by atoms with Crippen molar-refractivity contribution in [1.82, 2.24) is 4.90 Å². The topological polar surface area (TPSA) is 49.8 Å². The predicted molar refractivity (Wildman–Crippen MR) is 75.4 cm³/mol. The van der Waals surface area contributed by atoms with Crippen molar-refractivity contribution in [3.05, 3.63) is 30.1 Å². The number of benzene rings is 1. The van der Waals surface area contributed by atoms with Gasteiger partial charge >= 0.3 is 5.97 Å². The molecule has 1 aromatic carbocycles. The Bertz CT molecular complexity index is 406. The molecule has 0 amide bonds. The van der Waals surface area contributed by atoms with E-state index in [0.29, 0.717) is 24.8 Å². The van der Waals surface area contributed by atoms with Gasteiger partial charge in [0.15, 0.2) is 0 Å². The predicted octanol–water partition coefficient (Wildman–Crippen LogP) is 2.64. The van der Waals surface area contributed by atoms with E-state index < -0.39 is 5.97 Å². The maximum Gasteiger partial charge on any atom is 0.317 e. The van der Waals surface area contributed by atoms with Crippen molar-refractivity contribution >= 4 is 5.97 Å². The highest BCUT2D eigenvalue weighted by atomic mass is 19.1. The van der Waals surface area contributed by atoms with E-state index >= 15 is 0 Å². The molecule has 0 bridgehead atoms. The van der Waals surface area contributed by atoms with Crippen molar-refractivity contribution in [2.24, 2.45) is 5.92 Å². The maximum atomic E-state index is 12.7. The zero-order valence-corrected chi connectivity index (χ0v) is 12.0. The molecule has 0 fully saturated rings. The van der Waals surface area contributed by atoms with Crippen LogP contribution in [0.3, 0.4) is 0 Å². The molecule has 0 aliphatic heterocycles. The van der Waals surface area contributed by atoms with Crippen LogP contribution in [-0.4, -0.2) is 42.2 Å². The largest absolute Gasteiger partial charge is 0.494 e. The van der Waals surface area contributed by atoms with Gasteiger partial charge in [-0.3, -0.25) is 9.69 Å². The SMILES string of the molecule is CC(C)CN(CCCOc1ccc(F)cc1)CC(=O)O. The summed E-state index contributed by atoms with van der Waals surface area (Å²) >= 11 is 0.